The van der Waals surface area contributed by atoms with Crippen molar-refractivity contribution in [1.82, 2.24) is 4.98 Å². The molecular weight excluding hydrogens is 288 g/mol. The van der Waals surface area contributed by atoms with Gasteiger partial charge in [-0.15, -0.1) is 0 Å². The van der Waals surface area contributed by atoms with Crippen molar-refractivity contribution in [3.63, 3.8) is 0 Å². The van der Waals surface area contributed by atoms with Crippen LogP contribution in [-0.2, 0) is 5.41 Å². The molecule has 1 aromatic rings. The summed E-state index contributed by atoms with van der Waals surface area (Å²) in [5, 5.41) is 28.9. The summed E-state index contributed by atoms with van der Waals surface area (Å²) in [5.41, 5.74) is 6.31. The summed E-state index contributed by atoms with van der Waals surface area (Å²) in [7, 11) is 0. The average Bonchev–Trinajstić information content (AvgIpc) is 2.55. The fraction of sp³-hybridized carbons (Fsp3) is 0.529. The van der Waals surface area contributed by atoms with Gasteiger partial charge in [-0.1, -0.05) is 0 Å². The summed E-state index contributed by atoms with van der Waals surface area (Å²) in [6, 6.07) is 6.61. The van der Waals surface area contributed by atoms with E-state index >= 15 is 0 Å². The number of aromatic nitrogens is 1. The standard InChI is InChI=1S/C17H18N6/c18-9-12-14(17(11-20)5-4-6-17)13(10-19)16(22-15(12)21)23-7-2-1-3-8-23/h1-8H2,(H2,21,22). The van der Waals surface area contributed by atoms with Gasteiger partial charge in [0.15, 0.2) is 0 Å². The molecule has 2 aliphatic rings. The van der Waals surface area contributed by atoms with Gasteiger partial charge in [0.05, 0.1) is 11.5 Å². The van der Waals surface area contributed by atoms with Crippen LogP contribution in [0.3, 0.4) is 0 Å². The minimum Gasteiger partial charge on any atom is -0.383 e. The van der Waals surface area contributed by atoms with E-state index in [4.69, 9.17) is 5.73 Å². The fourth-order valence-corrected chi connectivity index (χ4v) is 3.57. The van der Waals surface area contributed by atoms with E-state index < -0.39 is 5.41 Å². The Kier molecular flexibility index (Phi) is 3.80. The molecule has 2 N–H and O–H groups in total. The SMILES string of the molecule is N#Cc1c(N)nc(N2CCCCC2)c(C#N)c1C1(C#N)CCC1. The quantitative estimate of drug-likeness (QED) is 0.897. The first-order valence-corrected chi connectivity index (χ1v) is 7.97. The first kappa shape index (κ1) is 15.1. The molecule has 0 amide bonds. The van der Waals surface area contributed by atoms with Crippen LogP contribution in [0.25, 0.3) is 0 Å². The lowest BCUT2D eigenvalue weighted by atomic mass is 9.63. The van der Waals surface area contributed by atoms with Gasteiger partial charge in [-0.05, 0) is 38.5 Å². The average molecular weight is 306 g/mol. The molecule has 0 unspecified atom stereocenters. The van der Waals surface area contributed by atoms with E-state index in [1.165, 1.54) is 6.42 Å². The third kappa shape index (κ3) is 2.26. The predicted molar refractivity (Wildman–Crippen MR) is 85.3 cm³/mol. The van der Waals surface area contributed by atoms with Crippen LogP contribution < -0.4 is 10.6 Å². The molecule has 0 radical (unpaired) electrons. The van der Waals surface area contributed by atoms with Crippen molar-refractivity contribution in [3.05, 3.63) is 16.7 Å². The maximum absolute atomic E-state index is 9.74. The highest BCUT2D eigenvalue weighted by Gasteiger charge is 2.44. The number of rotatable bonds is 2. The summed E-state index contributed by atoms with van der Waals surface area (Å²) < 4.78 is 0. The molecule has 6 heteroatoms. The van der Waals surface area contributed by atoms with Crippen LogP contribution in [0.5, 0.6) is 0 Å². The molecule has 2 fully saturated rings. The van der Waals surface area contributed by atoms with E-state index in [0.717, 1.165) is 32.4 Å². The Hall–Kier alpha value is -2.78. The fourth-order valence-electron chi connectivity index (χ4n) is 3.57. The number of pyridine rings is 1. The van der Waals surface area contributed by atoms with Crippen LogP contribution in [0.15, 0.2) is 0 Å². The van der Waals surface area contributed by atoms with Crippen LogP contribution in [0.4, 0.5) is 11.6 Å². The lowest BCUT2D eigenvalue weighted by Crippen LogP contribution is -2.37. The summed E-state index contributed by atoms with van der Waals surface area (Å²) in [4.78, 5) is 6.42. The van der Waals surface area contributed by atoms with Crippen molar-refractivity contribution in [2.24, 2.45) is 0 Å². The second-order valence-electron chi connectivity index (χ2n) is 6.26. The maximum Gasteiger partial charge on any atom is 0.149 e. The van der Waals surface area contributed by atoms with Crippen LogP contribution in [0, 0.1) is 34.0 Å². The predicted octanol–water partition coefficient (Wildman–Crippen LogP) is 2.34. The third-order valence-corrected chi connectivity index (χ3v) is 4.98. The van der Waals surface area contributed by atoms with Gasteiger partial charge in [0.1, 0.15) is 34.9 Å². The second kappa shape index (κ2) is 5.78. The van der Waals surface area contributed by atoms with E-state index in [9.17, 15) is 15.8 Å². The number of hydrogen-bond acceptors (Lipinski definition) is 6. The second-order valence-corrected chi connectivity index (χ2v) is 6.26. The van der Waals surface area contributed by atoms with Crippen molar-refractivity contribution in [2.75, 3.05) is 23.7 Å². The van der Waals surface area contributed by atoms with Gasteiger partial charge in [0.25, 0.3) is 0 Å². The van der Waals surface area contributed by atoms with Gasteiger partial charge >= 0.3 is 0 Å². The summed E-state index contributed by atoms with van der Waals surface area (Å²) in [6.45, 7) is 1.65. The molecule has 6 nitrogen and oxygen atoms in total. The van der Waals surface area contributed by atoms with Crippen molar-refractivity contribution in [2.45, 2.75) is 43.9 Å². The van der Waals surface area contributed by atoms with E-state index in [2.05, 4.69) is 28.1 Å². The van der Waals surface area contributed by atoms with Gasteiger partial charge in [-0.25, -0.2) is 4.98 Å². The highest BCUT2D eigenvalue weighted by atomic mass is 15.2. The third-order valence-electron chi connectivity index (χ3n) is 4.98. The number of piperidine rings is 1. The number of nitrogens with two attached hydrogens (primary N) is 1. The van der Waals surface area contributed by atoms with Crippen LogP contribution >= 0.6 is 0 Å². The topological polar surface area (TPSA) is 114 Å². The minimum atomic E-state index is -0.766. The molecule has 3 rings (SSSR count). The molecule has 2 heterocycles. The first-order chi connectivity index (χ1) is 11.2. The molecule has 0 atom stereocenters. The van der Waals surface area contributed by atoms with Gasteiger partial charge in [0.2, 0.25) is 0 Å². The smallest absolute Gasteiger partial charge is 0.149 e. The molecule has 1 aliphatic heterocycles. The van der Waals surface area contributed by atoms with E-state index in [1.807, 2.05) is 0 Å². The molecule has 0 bridgehead atoms. The molecule has 23 heavy (non-hydrogen) atoms. The van der Waals surface area contributed by atoms with Gasteiger partial charge < -0.3 is 10.6 Å². The molecule has 0 spiro atoms. The zero-order valence-electron chi connectivity index (χ0n) is 13.0. The van der Waals surface area contributed by atoms with E-state index in [0.29, 0.717) is 29.8 Å². The van der Waals surface area contributed by atoms with Gasteiger partial charge in [0, 0.05) is 18.7 Å². The van der Waals surface area contributed by atoms with Gasteiger partial charge in [-0.2, -0.15) is 15.8 Å². The number of hydrogen-bond donors (Lipinski definition) is 1. The van der Waals surface area contributed by atoms with Gasteiger partial charge in [-0.3, -0.25) is 0 Å². The highest BCUT2D eigenvalue weighted by Crippen LogP contribution is 2.48. The summed E-state index contributed by atoms with van der Waals surface area (Å²) in [6.07, 6.45) is 5.51. The van der Waals surface area contributed by atoms with E-state index in [1.54, 1.807) is 0 Å². The summed E-state index contributed by atoms with van der Waals surface area (Å²) in [5.74, 6) is 0.670. The first-order valence-electron chi connectivity index (χ1n) is 7.97. The Balaban J connectivity index is 2.24. The Morgan fingerprint density at radius 2 is 1.61 bits per heavy atom. The number of nitriles is 3. The number of anilines is 2. The van der Waals surface area contributed by atoms with Crippen LogP contribution in [-0.4, -0.2) is 18.1 Å². The Bertz CT molecular complexity index is 751. The zero-order valence-corrected chi connectivity index (χ0v) is 13.0. The number of nitrogens with zero attached hydrogens (tertiary/aromatic N) is 5. The Labute approximate surface area is 135 Å². The van der Waals surface area contributed by atoms with Crippen molar-refractivity contribution in [3.8, 4) is 18.2 Å². The van der Waals surface area contributed by atoms with Crippen molar-refractivity contribution >= 4 is 11.6 Å². The van der Waals surface area contributed by atoms with Crippen molar-refractivity contribution in [1.29, 1.82) is 15.8 Å². The molecule has 1 aromatic heterocycles. The molecule has 1 saturated carbocycles. The Morgan fingerprint density at radius 3 is 2.09 bits per heavy atom. The molecule has 0 aromatic carbocycles. The van der Waals surface area contributed by atoms with Crippen molar-refractivity contribution < 1.29 is 0 Å². The zero-order chi connectivity index (χ0) is 16.4. The monoisotopic (exact) mass is 306 g/mol. The Morgan fingerprint density at radius 1 is 0.957 bits per heavy atom. The van der Waals surface area contributed by atoms with Crippen LogP contribution in [0.2, 0.25) is 0 Å². The molecule has 116 valence electrons. The molecule has 1 aliphatic carbocycles. The molecule has 1 saturated heterocycles. The van der Waals surface area contributed by atoms with Crippen LogP contribution in [0.1, 0.15) is 55.2 Å². The minimum absolute atomic E-state index is 0.128. The lowest BCUT2D eigenvalue weighted by Gasteiger charge is -2.38. The maximum atomic E-state index is 9.74. The normalized spacial score (nSPS) is 19.1. The number of nitrogen functional groups attached to an aromatic ring is 1. The molecular formula is C17H18N6. The largest absolute Gasteiger partial charge is 0.383 e. The summed E-state index contributed by atoms with van der Waals surface area (Å²) >= 11 is 0. The van der Waals surface area contributed by atoms with E-state index in [-0.39, 0.29) is 11.4 Å². The highest BCUT2D eigenvalue weighted by molar-refractivity contribution is 5.71. The lowest BCUT2D eigenvalue weighted by molar-refractivity contribution is 0.323.